The third kappa shape index (κ3) is 4.76. The molecular formula is C19H21F4N7O2S. The zero-order valence-corrected chi connectivity index (χ0v) is 18.5. The fraction of sp³-hybridized carbons (Fsp3) is 0.474. The molecular weight excluding hydrogens is 466 g/mol. The Morgan fingerprint density at radius 2 is 2.00 bits per heavy atom. The molecule has 0 aliphatic carbocycles. The maximum absolute atomic E-state index is 14.6. The van der Waals surface area contributed by atoms with E-state index in [1.807, 2.05) is 0 Å². The molecule has 14 heteroatoms. The second kappa shape index (κ2) is 8.48. The van der Waals surface area contributed by atoms with Gasteiger partial charge < -0.3 is 4.90 Å². The number of piperidine rings is 1. The average molecular weight is 487 g/mol. The minimum atomic E-state index is -3.64. The van der Waals surface area contributed by atoms with E-state index in [0.29, 0.717) is 22.9 Å². The fourth-order valence-electron chi connectivity index (χ4n) is 3.94. The molecule has 1 aliphatic heterocycles. The van der Waals surface area contributed by atoms with E-state index in [1.165, 1.54) is 29.2 Å². The zero-order chi connectivity index (χ0) is 24.0. The molecule has 4 heterocycles. The first-order valence-corrected chi connectivity index (χ1v) is 11.9. The summed E-state index contributed by atoms with van der Waals surface area (Å²) in [6, 6.07) is 3.38. The lowest BCUT2D eigenvalue weighted by molar-refractivity contribution is -0.0824. The zero-order valence-electron chi connectivity index (χ0n) is 17.7. The molecule has 3 aromatic rings. The van der Waals surface area contributed by atoms with Crippen molar-refractivity contribution in [2.75, 3.05) is 24.2 Å². The van der Waals surface area contributed by atoms with Crippen molar-refractivity contribution in [1.29, 1.82) is 0 Å². The lowest BCUT2D eigenvalue weighted by Crippen LogP contribution is -2.56. The van der Waals surface area contributed by atoms with E-state index < -0.39 is 53.0 Å². The molecule has 178 valence electrons. The predicted molar refractivity (Wildman–Crippen MR) is 112 cm³/mol. The number of alkyl halides is 4. The molecule has 0 amide bonds. The van der Waals surface area contributed by atoms with Crippen LogP contribution in [0.2, 0.25) is 0 Å². The highest BCUT2D eigenvalue weighted by Gasteiger charge is 2.48. The number of hydrogen-bond donors (Lipinski definition) is 1. The number of nitrogens with one attached hydrogen (secondary N) is 1. The quantitative estimate of drug-likeness (QED) is 0.533. The van der Waals surface area contributed by atoms with Crippen molar-refractivity contribution in [2.24, 2.45) is 5.92 Å². The molecule has 9 nitrogen and oxygen atoms in total. The number of imidazole rings is 1. The van der Waals surface area contributed by atoms with Crippen LogP contribution in [0.1, 0.15) is 25.5 Å². The van der Waals surface area contributed by atoms with Crippen molar-refractivity contribution >= 4 is 21.5 Å². The molecule has 2 atom stereocenters. The van der Waals surface area contributed by atoms with Crippen LogP contribution in [0.5, 0.6) is 0 Å². The van der Waals surface area contributed by atoms with Crippen molar-refractivity contribution in [3.8, 4) is 11.4 Å². The Kier molecular flexibility index (Phi) is 5.99. The van der Waals surface area contributed by atoms with E-state index in [-0.39, 0.29) is 6.54 Å². The van der Waals surface area contributed by atoms with Crippen molar-refractivity contribution < 1.29 is 26.0 Å². The van der Waals surface area contributed by atoms with Crippen molar-refractivity contribution in [3.63, 3.8) is 0 Å². The third-order valence-corrected chi connectivity index (χ3v) is 6.37. The maximum atomic E-state index is 14.6. The lowest BCUT2D eigenvalue weighted by atomic mass is 9.86. The number of sulfonamides is 1. The van der Waals surface area contributed by atoms with Gasteiger partial charge in [-0.15, -0.1) is 0 Å². The molecule has 3 aromatic heterocycles. The van der Waals surface area contributed by atoms with Gasteiger partial charge in [-0.3, -0.25) is 0 Å². The first-order valence-electron chi connectivity index (χ1n) is 10.0. The summed E-state index contributed by atoms with van der Waals surface area (Å²) in [5, 5.41) is 3.91. The third-order valence-electron chi connectivity index (χ3n) is 5.68. The molecule has 1 N–H and O–H groups in total. The molecule has 0 spiro atoms. The van der Waals surface area contributed by atoms with E-state index in [2.05, 4.69) is 24.8 Å². The minimum absolute atomic E-state index is 0.0130. The molecule has 4 rings (SSSR count). The Bertz CT molecular complexity index is 1270. The van der Waals surface area contributed by atoms with Gasteiger partial charge in [0.15, 0.2) is 5.65 Å². The lowest BCUT2D eigenvalue weighted by Gasteiger charge is -2.44. The molecule has 1 aliphatic rings. The number of nitrogens with zero attached hydrogens (tertiary/aromatic N) is 6. The van der Waals surface area contributed by atoms with Gasteiger partial charge in [-0.2, -0.15) is 5.10 Å². The van der Waals surface area contributed by atoms with E-state index in [4.69, 9.17) is 0 Å². The monoisotopic (exact) mass is 487 g/mol. The molecule has 0 saturated carbocycles. The minimum Gasteiger partial charge on any atom is -0.353 e. The summed E-state index contributed by atoms with van der Waals surface area (Å²) in [5.74, 6) is -4.02. The van der Waals surface area contributed by atoms with Gasteiger partial charge in [-0.1, -0.05) is 0 Å². The second-order valence-corrected chi connectivity index (χ2v) is 9.74. The molecule has 2 unspecified atom stereocenters. The first kappa shape index (κ1) is 23.3. The molecule has 33 heavy (non-hydrogen) atoms. The Hall–Kier alpha value is -2.87. The summed E-state index contributed by atoms with van der Waals surface area (Å²) in [7, 11) is -3.64. The van der Waals surface area contributed by atoms with Crippen molar-refractivity contribution in [3.05, 3.63) is 36.4 Å². The highest BCUT2D eigenvalue weighted by atomic mass is 32.2. The SMILES string of the molecule is CC1C(CNS(C)(=O)=O)C(F)(F)CCN1c1cc(-c2cnc3ccc(C(F)F)nn23)ncn1. The standard InChI is InChI=1S/C19H21F4N7O2S/c1-11-12(8-27-33(2,31)32)19(22,23)5-6-29(11)17-7-14(25-10-26-17)15-9-24-16-4-3-13(18(20)21)28-30(15)16/h3-4,7,9-12,18,27H,5-6,8H2,1-2H3. The van der Waals surface area contributed by atoms with Gasteiger partial charge in [0.1, 0.15) is 23.5 Å². The van der Waals surface area contributed by atoms with E-state index in [9.17, 15) is 26.0 Å². The molecule has 1 fully saturated rings. The first-order chi connectivity index (χ1) is 15.5. The normalized spacial score (nSPS) is 21.1. The topological polar surface area (TPSA) is 105 Å². The second-order valence-electron chi connectivity index (χ2n) is 7.91. The van der Waals surface area contributed by atoms with E-state index >= 15 is 0 Å². The Labute approximate surface area is 186 Å². The highest BCUT2D eigenvalue weighted by Crippen LogP contribution is 2.39. The fourth-order valence-corrected chi connectivity index (χ4v) is 4.42. The summed E-state index contributed by atoms with van der Waals surface area (Å²) in [6.45, 7) is 1.14. The summed E-state index contributed by atoms with van der Waals surface area (Å²) in [5.41, 5.74) is 0.569. The predicted octanol–water partition coefficient (Wildman–Crippen LogP) is 2.52. The van der Waals surface area contributed by atoms with Crippen LogP contribution in [-0.4, -0.2) is 64.3 Å². The summed E-state index contributed by atoms with van der Waals surface area (Å²) < 4.78 is 81.6. The smallest absolute Gasteiger partial charge is 0.282 e. The van der Waals surface area contributed by atoms with Crippen LogP contribution in [0.15, 0.2) is 30.7 Å². The van der Waals surface area contributed by atoms with Crippen LogP contribution < -0.4 is 9.62 Å². The molecule has 0 radical (unpaired) electrons. The molecule has 0 bridgehead atoms. The Balaban J connectivity index is 1.66. The number of hydrogen-bond acceptors (Lipinski definition) is 7. The Morgan fingerprint density at radius 1 is 1.24 bits per heavy atom. The average Bonchev–Trinajstić information content (AvgIpc) is 3.16. The number of halogens is 4. The van der Waals surface area contributed by atoms with Gasteiger partial charge in [0.2, 0.25) is 10.0 Å². The molecule has 0 aromatic carbocycles. The summed E-state index contributed by atoms with van der Waals surface area (Å²) in [4.78, 5) is 14.2. The van der Waals surface area contributed by atoms with Gasteiger partial charge in [0.05, 0.1) is 24.1 Å². The van der Waals surface area contributed by atoms with E-state index in [0.717, 1.165) is 6.26 Å². The van der Waals surface area contributed by atoms with Crippen LogP contribution in [0.3, 0.4) is 0 Å². The van der Waals surface area contributed by atoms with Gasteiger partial charge in [0.25, 0.3) is 12.3 Å². The van der Waals surface area contributed by atoms with Crippen LogP contribution in [0, 0.1) is 5.92 Å². The maximum Gasteiger partial charge on any atom is 0.282 e. The largest absolute Gasteiger partial charge is 0.353 e. The van der Waals surface area contributed by atoms with Gasteiger partial charge in [0, 0.05) is 31.6 Å². The van der Waals surface area contributed by atoms with Crippen molar-refractivity contribution in [1.82, 2.24) is 29.3 Å². The number of rotatable bonds is 6. The highest BCUT2D eigenvalue weighted by molar-refractivity contribution is 7.88. The van der Waals surface area contributed by atoms with Crippen LogP contribution in [-0.2, 0) is 10.0 Å². The number of anilines is 1. The van der Waals surface area contributed by atoms with Gasteiger partial charge >= 0.3 is 0 Å². The van der Waals surface area contributed by atoms with Gasteiger partial charge in [-0.25, -0.2) is 50.2 Å². The Morgan fingerprint density at radius 3 is 2.70 bits per heavy atom. The summed E-state index contributed by atoms with van der Waals surface area (Å²) in [6.07, 6.45) is 0.331. The number of aromatic nitrogens is 5. The van der Waals surface area contributed by atoms with Crippen LogP contribution in [0.25, 0.3) is 17.0 Å². The molecule has 1 saturated heterocycles. The summed E-state index contributed by atoms with van der Waals surface area (Å²) >= 11 is 0. The van der Waals surface area contributed by atoms with E-state index in [1.54, 1.807) is 17.9 Å². The van der Waals surface area contributed by atoms with Crippen LogP contribution in [0.4, 0.5) is 23.4 Å². The van der Waals surface area contributed by atoms with Crippen molar-refractivity contribution in [2.45, 2.75) is 31.7 Å². The van der Waals surface area contributed by atoms with Gasteiger partial charge in [-0.05, 0) is 19.1 Å². The van der Waals surface area contributed by atoms with Crippen LogP contribution >= 0.6 is 0 Å². The number of fused-ring (bicyclic) bond motifs is 1.